The molecule has 0 atom stereocenters. The second-order valence-electron chi connectivity index (χ2n) is 3.69. The van der Waals surface area contributed by atoms with Gasteiger partial charge >= 0.3 is 0 Å². The SMILES string of the molecule is CNc1nnc(C(=O)NCC(=O)NC2CC2)s1. The number of nitrogens with zero attached hydrogens (tertiary/aromatic N) is 2. The van der Waals surface area contributed by atoms with E-state index in [0.29, 0.717) is 11.2 Å². The van der Waals surface area contributed by atoms with Gasteiger partial charge in [-0.25, -0.2) is 0 Å². The third-order valence-electron chi connectivity index (χ3n) is 2.19. The second kappa shape index (κ2) is 5.09. The lowest BCUT2D eigenvalue weighted by molar-refractivity contribution is -0.120. The fourth-order valence-electron chi connectivity index (χ4n) is 1.16. The van der Waals surface area contributed by atoms with Gasteiger partial charge in [-0.15, -0.1) is 10.2 Å². The average Bonchev–Trinajstić information content (AvgIpc) is 2.99. The number of anilines is 1. The molecule has 1 fully saturated rings. The molecule has 1 saturated carbocycles. The molecule has 8 heteroatoms. The van der Waals surface area contributed by atoms with Crippen molar-refractivity contribution >= 4 is 28.3 Å². The third kappa shape index (κ3) is 3.38. The molecule has 1 aromatic rings. The Morgan fingerprint density at radius 1 is 1.41 bits per heavy atom. The van der Waals surface area contributed by atoms with Crippen LogP contribution in [0.3, 0.4) is 0 Å². The average molecular weight is 255 g/mol. The molecule has 0 unspecified atom stereocenters. The highest BCUT2D eigenvalue weighted by atomic mass is 32.1. The Balaban J connectivity index is 1.77. The molecule has 2 amide bonds. The topological polar surface area (TPSA) is 96.0 Å². The standard InChI is InChI=1S/C9H13N5O2S/c1-10-9-14-13-8(17-9)7(16)11-4-6(15)12-5-2-3-5/h5H,2-4H2,1H3,(H,10,14)(H,11,16)(H,12,15). The summed E-state index contributed by atoms with van der Waals surface area (Å²) in [4.78, 5) is 22.9. The number of hydrogen-bond acceptors (Lipinski definition) is 6. The highest BCUT2D eigenvalue weighted by molar-refractivity contribution is 7.17. The zero-order valence-corrected chi connectivity index (χ0v) is 10.1. The first-order valence-electron chi connectivity index (χ1n) is 5.28. The highest BCUT2D eigenvalue weighted by Crippen LogP contribution is 2.18. The van der Waals surface area contributed by atoms with Gasteiger partial charge in [0.2, 0.25) is 16.0 Å². The lowest BCUT2D eigenvalue weighted by Crippen LogP contribution is -2.37. The smallest absolute Gasteiger partial charge is 0.282 e. The van der Waals surface area contributed by atoms with E-state index in [9.17, 15) is 9.59 Å². The van der Waals surface area contributed by atoms with Gasteiger partial charge in [-0.3, -0.25) is 9.59 Å². The van der Waals surface area contributed by atoms with Crippen LogP contribution >= 0.6 is 11.3 Å². The molecule has 1 aliphatic carbocycles. The minimum absolute atomic E-state index is 0.0240. The highest BCUT2D eigenvalue weighted by Gasteiger charge is 2.23. The van der Waals surface area contributed by atoms with Gasteiger partial charge in [0.25, 0.3) is 5.91 Å². The number of amides is 2. The van der Waals surface area contributed by atoms with Crippen molar-refractivity contribution < 1.29 is 9.59 Å². The Morgan fingerprint density at radius 2 is 2.18 bits per heavy atom. The van der Waals surface area contributed by atoms with E-state index in [2.05, 4.69) is 26.1 Å². The lowest BCUT2D eigenvalue weighted by atomic mass is 10.5. The summed E-state index contributed by atoms with van der Waals surface area (Å²) in [6.07, 6.45) is 2.06. The van der Waals surface area contributed by atoms with E-state index >= 15 is 0 Å². The minimum atomic E-state index is -0.380. The van der Waals surface area contributed by atoms with Gasteiger partial charge in [-0.2, -0.15) is 0 Å². The summed E-state index contributed by atoms with van der Waals surface area (Å²) in [5.41, 5.74) is 0. The normalized spacial score (nSPS) is 14.2. The molecule has 0 bridgehead atoms. The molecule has 1 aromatic heterocycles. The Labute approximate surface area is 102 Å². The molecule has 0 spiro atoms. The van der Waals surface area contributed by atoms with Crippen molar-refractivity contribution in [2.45, 2.75) is 18.9 Å². The predicted octanol–water partition coefficient (Wildman–Crippen LogP) is -0.412. The van der Waals surface area contributed by atoms with E-state index in [1.807, 2.05) is 0 Å². The number of nitrogens with one attached hydrogen (secondary N) is 3. The first-order valence-corrected chi connectivity index (χ1v) is 6.09. The molecule has 7 nitrogen and oxygen atoms in total. The minimum Gasteiger partial charge on any atom is -0.363 e. The van der Waals surface area contributed by atoms with Gasteiger partial charge in [0, 0.05) is 13.1 Å². The summed E-state index contributed by atoms with van der Waals surface area (Å²) in [6.45, 7) is -0.0240. The first kappa shape index (κ1) is 11.8. The Bertz CT molecular complexity index is 429. The summed E-state index contributed by atoms with van der Waals surface area (Å²) in [5.74, 6) is -0.547. The van der Waals surface area contributed by atoms with Crippen LogP contribution in [-0.2, 0) is 4.79 Å². The molecule has 0 aliphatic heterocycles. The molecule has 1 aliphatic rings. The molecular formula is C9H13N5O2S. The van der Waals surface area contributed by atoms with Crippen LogP contribution in [0.15, 0.2) is 0 Å². The Morgan fingerprint density at radius 3 is 2.76 bits per heavy atom. The van der Waals surface area contributed by atoms with Crippen LogP contribution in [-0.4, -0.2) is 41.6 Å². The number of hydrogen-bond donors (Lipinski definition) is 3. The summed E-state index contributed by atoms with van der Waals surface area (Å²) >= 11 is 1.14. The van der Waals surface area contributed by atoms with Crippen molar-refractivity contribution in [3.8, 4) is 0 Å². The first-order chi connectivity index (χ1) is 8.19. The van der Waals surface area contributed by atoms with Crippen LogP contribution in [0.5, 0.6) is 0 Å². The van der Waals surface area contributed by atoms with Crippen LogP contribution in [0.2, 0.25) is 0 Å². The van der Waals surface area contributed by atoms with E-state index in [1.54, 1.807) is 7.05 Å². The fraction of sp³-hybridized carbons (Fsp3) is 0.556. The third-order valence-corrected chi connectivity index (χ3v) is 3.12. The molecule has 2 rings (SSSR count). The van der Waals surface area contributed by atoms with Gasteiger partial charge in [-0.05, 0) is 12.8 Å². The van der Waals surface area contributed by atoms with Crippen LogP contribution in [0, 0.1) is 0 Å². The van der Waals surface area contributed by atoms with E-state index in [-0.39, 0.29) is 23.4 Å². The van der Waals surface area contributed by atoms with Crippen LogP contribution in [0.1, 0.15) is 22.6 Å². The van der Waals surface area contributed by atoms with Crippen LogP contribution in [0.25, 0.3) is 0 Å². The van der Waals surface area contributed by atoms with E-state index in [4.69, 9.17) is 0 Å². The monoisotopic (exact) mass is 255 g/mol. The Hall–Kier alpha value is -1.70. The molecule has 3 N–H and O–H groups in total. The molecule has 1 heterocycles. The molecule has 0 aromatic carbocycles. The van der Waals surface area contributed by atoms with E-state index in [0.717, 1.165) is 24.2 Å². The predicted molar refractivity (Wildman–Crippen MR) is 63.0 cm³/mol. The van der Waals surface area contributed by atoms with Gasteiger partial charge in [0.15, 0.2) is 0 Å². The molecule has 0 saturated heterocycles. The summed E-state index contributed by atoms with van der Waals surface area (Å²) in [7, 11) is 1.70. The van der Waals surface area contributed by atoms with Gasteiger partial charge in [-0.1, -0.05) is 11.3 Å². The maximum absolute atomic E-state index is 11.6. The lowest BCUT2D eigenvalue weighted by Gasteiger charge is -2.03. The van der Waals surface area contributed by atoms with E-state index in [1.165, 1.54) is 0 Å². The van der Waals surface area contributed by atoms with Crippen LogP contribution in [0.4, 0.5) is 5.13 Å². The largest absolute Gasteiger partial charge is 0.363 e. The molecule has 92 valence electrons. The number of rotatable bonds is 5. The number of aromatic nitrogens is 2. The zero-order valence-electron chi connectivity index (χ0n) is 9.32. The fourth-order valence-corrected chi connectivity index (χ4v) is 1.77. The number of carbonyl (C=O) groups is 2. The summed E-state index contributed by atoms with van der Waals surface area (Å²) < 4.78 is 0. The molecular weight excluding hydrogens is 242 g/mol. The maximum Gasteiger partial charge on any atom is 0.282 e. The van der Waals surface area contributed by atoms with Gasteiger partial charge in [0.1, 0.15) is 0 Å². The molecule has 17 heavy (non-hydrogen) atoms. The van der Waals surface area contributed by atoms with Crippen molar-refractivity contribution in [3.63, 3.8) is 0 Å². The van der Waals surface area contributed by atoms with E-state index < -0.39 is 0 Å². The Kier molecular flexibility index (Phi) is 3.52. The van der Waals surface area contributed by atoms with Crippen molar-refractivity contribution in [1.29, 1.82) is 0 Å². The maximum atomic E-state index is 11.6. The van der Waals surface area contributed by atoms with Gasteiger partial charge < -0.3 is 16.0 Å². The summed E-state index contributed by atoms with van der Waals surface area (Å²) in [6, 6.07) is 0.303. The van der Waals surface area contributed by atoms with Crippen molar-refractivity contribution in [2.75, 3.05) is 18.9 Å². The van der Waals surface area contributed by atoms with Crippen molar-refractivity contribution in [2.24, 2.45) is 0 Å². The second-order valence-corrected chi connectivity index (χ2v) is 4.66. The van der Waals surface area contributed by atoms with Gasteiger partial charge in [0.05, 0.1) is 6.54 Å². The quantitative estimate of drug-likeness (QED) is 0.664. The van der Waals surface area contributed by atoms with Crippen molar-refractivity contribution in [1.82, 2.24) is 20.8 Å². The number of carbonyl (C=O) groups excluding carboxylic acids is 2. The molecule has 0 radical (unpaired) electrons. The zero-order chi connectivity index (χ0) is 12.3. The summed E-state index contributed by atoms with van der Waals surface area (Å²) in [5, 5.41) is 16.3. The van der Waals surface area contributed by atoms with Crippen molar-refractivity contribution in [3.05, 3.63) is 5.01 Å². The van der Waals surface area contributed by atoms with Crippen LogP contribution < -0.4 is 16.0 Å².